The minimum Gasteiger partial charge on any atom is -0.251 e. The molecule has 0 spiro atoms. The molecular formula is C23H25NP+. The highest BCUT2D eigenvalue weighted by molar-refractivity contribution is 7.90. The lowest BCUT2D eigenvalue weighted by Crippen LogP contribution is -2.30. The summed E-state index contributed by atoms with van der Waals surface area (Å²) in [7, 11) is -1.84. The largest absolute Gasteiger partial charge is 0.251 e. The fraction of sp³-hybridized carbons (Fsp3) is 0.130. The molecule has 126 valence electrons. The Labute approximate surface area is 151 Å². The molecule has 0 fully saturated rings. The van der Waals surface area contributed by atoms with Crippen molar-refractivity contribution in [2.24, 2.45) is 0 Å². The molecule has 3 aromatic carbocycles. The summed E-state index contributed by atoms with van der Waals surface area (Å²) in [6.45, 7) is 8.48. The van der Waals surface area contributed by atoms with Gasteiger partial charge in [-0.3, -0.25) is 5.09 Å². The summed E-state index contributed by atoms with van der Waals surface area (Å²) in [5.74, 6) is 0. The number of benzene rings is 3. The second-order valence-electron chi connectivity index (χ2n) is 6.57. The molecule has 3 aromatic rings. The van der Waals surface area contributed by atoms with E-state index in [9.17, 15) is 0 Å². The molecule has 0 aliphatic carbocycles. The molecule has 0 bridgehead atoms. The topological polar surface area (TPSA) is 12.0 Å². The van der Waals surface area contributed by atoms with Crippen LogP contribution in [0.3, 0.4) is 0 Å². The van der Waals surface area contributed by atoms with Crippen molar-refractivity contribution in [3.05, 3.63) is 103 Å². The molecule has 1 nitrogen and oxygen atoms in total. The number of allylic oxidation sites excluding steroid dienone is 1. The van der Waals surface area contributed by atoms with Gasteiger partial charge in [-0.25, -0.2) is 0 Å². The van der Waals surface area contributed by atoms with E-state index in [1.54, 1.807) is 0 Å². The molecule has 0 radical (unpaired) electrons. The third-order valence-electron chi connectivity index (χ3n) is 4.27. The Hall–Kier alpha value is -2.37. The molecule has 25 heavy (non-hydrogen) atoms. The molecule has 0 aromatic heterocycles. The Kier molecular flexibility index (Phi) is 5.36. The minimum absolute atomic E-state index is 0.939. The summed E-state index contributed by atoms with van der Waals surface area (Å²) in [5.41, 5.74) is 3.63. The van der Waals surface area contributed by atoms with Gasteiger partial charge in [0.05, 0.1) is 5.69 Å². The summed E-state index contributed by atoms with van der Waals surface area (Å²) in [6.07, 6.45) is 0.939. The van der Waals surface area contributed by atoms with Gasteiger partial charge in [0.2, 0.25) is 0 Å². The molecule has 0 saturated heterocycles. The second-order valence-corrected chi connectivity index (χ2v) is 9.77. The van der Waals surface area contributed by atoms with Crippen LogP contribution in [0, 0.1) is 6.92 Å². The fourth-order valence-corrected chi connectivity index (χ4v) is 6.88. The average Bonchev–Trinajstić information content (AvgIpc) is 2.64. The zero-order valence-corrected chi connectivity index (χ0v) is 15.8. The maximum absolute atomic E-state index is 4.23. The van der Waals surface area contributed by atoms with Gasteiger partial charge in [-0.05, 0) is 55.8 Å². The molecule has 3 rings (SSSR count). The molecule has 2 heteroatoms. The number of aryl methyl sites for hydroxylation is 1. The Morgan fingerprint density at radius 3 is 1.72 bits per heavy atom. The monoisotopic (exact) mass is 346 g/mol. The Balaban J connectivity index is 2.17. The molecule has 0 aliphatic heterocycles. The van der Waals surface area contributed by atoms with Crippen molar-refractivity contribution < 1.29 is 0 Å². The van der Waals surface area contributed by atoms with E-state index in [4.69, 9.17) is 0 Å². The van der Waals surface area contributed by atoms with Gasteiger partial charge in [0.25, 0.3) is 0 Å². The highest BCUT2D eigenvalue weighted by atomic mass is 31.2. The zero-order valence-electron chi connectivity index (χ0n) is 14.9. The first-order valence-corrected chi connectivity index (χ1v) is 10.6. The molecule has 0 unspecified atom stereocenters. The van der Waals surface area contributed by atoms with Crippen molar-refractivity contribution in [2.75, 3.05) is 11.2 Å². The molecule has 0 aliphatic rings. The first-order chi connectivity index (χ1) is 12.1. The lowest BCUT2D eigenvalue weighted by molar-refractivity contribution is 1.41. The van der Waals surface area contributed by atoms with Crippen LogP contribution in [0.15, 0.2) is 97.1 Å². The van der Waals surface area contributed by atoms with Crippen LogP contribution in [0.5, 0.6) is 0 Å². The maximum Gasteiger partial charge on any atom is 0.171 e. The number of rotatable bonds is 6. The summed E-state index contributed by atoms with van der Waals surface area (Å²) in [6, 6.07) is 30.3. The Morgan fingerprint density at radius 2 is 1.28 bits per heavy atom. The lowest BCUT2D eigenvalue weighted by Gasteiger charge is -2.28. The molecule has 0 saturated carbocycles. The number of hydrogen-bond donors (Lipinski definition) is 1. The standard InChI is InChI=1S/C23H25NP/c1-19(2)18-25(22-10-6-4-7-11-22,23-12-8-5-9-13-23)24-21-16-14-20(3)15-17-21/h4-17,24H,1,18H2,2-3H3/q+1. The van der Waals surface area contributed by atoms with Gasteiger partial charge < -0.3 is 0 Å². The Morgan fingerprint density at radius 1 is 0.800 bits per heavy atom. The van der Waals surface area contributed by atoms with Crippen LogP contribution in [-0.4, -0.2) is 6.16 Å². The van der Waals surface area contributed by atoms with Crippen LogP contribution >= 0.6 is 7.41 Å². The van der Waals surface area contributed by atoms with E-state index in [1.165, 1.54) is 21.7 Å². The molecule has 1 N–H and O–H groups in total. The van der Waals surface area contributed by atoms with Crippen molar-refractivity contribution in [1.29, 1.82) is 0 Å². The number of nitrogens with one attached hydrogen (secondary N) is 1. The van der Waals surface area contributed by atoms with Crippen LogP contribution in [0.1, 0.15) is 12.5 Å². The van der Waals surface area contributed by atoms with Crippen molar-refractivity contribution in [3.8, 4) is 0 Å². The van der Waals surface area contributed by atoms with Crippen LogP contribution in [0.4, 0.5) is 5.69 Å². The van der Waals surface area contributed by atoms with Crippen LogP contribution in [0.2, 0.25) is 0 Å². The number of hydrogen-bond acceptors (Lipinski definition) is 1. The summed E-state index contributed by atoms with van der Waals surface area (Å²) >= 11 is 0. The second kappa shape index (κ2) is 7.68. The van der Waals surface area contributed by atoms with E-state index < -0.39 is 7.41 Å². The van der Waals surface area contributed by atoms with Gasteiger partial charge >= 0.3 is 0 Å². The summed E-state index contributed by atoms with van der Waals surface area (Å²) in [5, 5.41) is 6.64. The Bertz CT molecular complexity index is 783. The third kappa shape index (κ3) is 4.00. The van der Waals surface area contributed by atoms with E-state index in [1.807, 2.05) is 0 Å². The minimum atomic E-state index is -1.84. The molecular weight excluding hydrogens is 321 g/mol. The number of anilines is 1. The predicted molar refractivity (Wildman–Crippen MR) is 114 cm³/mol. The molecule has 0 atom stereocenters. The molecule has 0 heterocycles. The van der Waals surface area contributed by atoms with Crippen LogP contribution in [-0.2, 0) is 0 Å². The lowest BCUT2D eigenvalue weighted by atomic mass is 10.2. The SMILES string of the molecule is C=C(C)C[P+](Nc1ccc(C)cc1)(c1ccccc1)c1ccccc1. The van der Waals surface area contributed by atoms with Gasteiger partial charge in [0.1, 0.15) is 16.8 Å². The zero-order chi connectivity index (χ0) is 17.7. The summed E-state index contributed by atoms with van der Waals surface area (Å²) in [4.78, 5) is 0. The third-order valence-corrected chi connectivity index (χ3v) is 8.29. The first kappa shape index (κ1) is 17.5. The van der Waals surface area contributed by atoms with Crippen molar-refractivity contribution in [2.45, 2.75) is 13.8 Å². The first-order valence-electron chi connectivity index (χ1n) is 8.59. The average molecular weight is 346 g/mol. The van der Waals surface area contributed by atoms with Crippen molar-refractivity contribution >= 4 is 23.7 Å². The predicted octanol–water partition coefficient (Wildman–Crippen LogP) is 5.57. The van der Waals surface area contributed by atoms with Gasteiger partial charge in [-0.1, -0.05) is 60.7 Å². The van der Waals surface area contributed by atoms with E-state index in [0.29, 0.717) is 0 Å². The van der Waals surface area contributed by atoms with E-state index in [0.717, 1.165) is 11.8 Å². The fourth-order valence-electron chi connectivity index (χ4n) is 3.12. The molecule has 0 amide bonds. The van der Waals surface area contributed by atoms with Crippen molar-refractivity contribution in [1.82, 2.24) is 0 Å². The van der Waals surface area contributed by atoms with E-state index in [2.05, 4.69) is 110 Å². The van der Waals surface area contributed by atoms with Gasteiger partial charge in [0, 0.05) is 0 Å². The van der Waals surface area contributed by atoms with Gasteiger partial charge in [-0.15, -0.1) is 0 Å². The van der Waals surface area contributed by atoms with Gasteiger partial charge in [-0.2, -0.15) is 0 Å². The maximum atomic E-state index is 4.23. The quantitative estimate of drug-likeness (QED) is 0.455. The van der Waals surface area contributed by atoms with Crippen LogP contribution < -0.4 is 15.7 Å². The highest BCUT2D eigenvalue weighted by Gasteiger charge is 2.43. The summed E-state index contributed by atoms with van der Waals surface area (Å²) < 4.78 is 0. The van der Waals surface area contributed by atoms with E-state index in [-0.39, 0.29) is 0 Å². The smallest absolute Gasteiger partial charge is 0.171 e. The normalized spacial score (nSPS) is 11.1. The van der Waals surface area contributed by atoms with Crippen molar-refractivity contribution in [3.63, 3.8) is 0 Å². The van der Waals surface area contributed by atoms with Gasteiger partial charge in [0.15, 0.2) is 7.41 Å². The van der Waals surface area contributed by atoms with E-state index >= 15 is 0 Å². The highest BCUT2D eigenvalue weighted by Crippen LogP contribution is 2.56. The van der Waals surface area contributed by atoms with Crippen LogP contribution in [0.25, 0.3) is 0 Å².